The molecule has 2 aliphatic rings. The van der Waals surface area contributed by atoms with E-state index >= 15 is 0 Å². The van der Waals surface area contributed by atoms with Gasteiger partial charge in [0.2, 0.25) is 5.91 Å². The Kier molecular flexibility index (Phi) is 5.35. The maximum atomic E-state index is 11.7. The molecule has 3 rings (SSSR count). The summed E-state index contributed by atoms with van der Waals surface area (Å²) < 4.78 is 5.95. The smallest absolute Gasteiger partial charge is 0.219 e. The van der Waals surface area contributed by atoms with E-state index in [0.717, 1.165) is 44.9 Å². The lowest BCUT2D eigenvalue weighted by Gasteiger charge is -2.42. The summed E-state index contributed by atoms with van der Waals surface area (Å²) in [6.45, 7) is 10.1. The van der Waals surface area contributed by atoms with Crippen LogP contribution in [0.5, 0.6) is 5.75 Å². The van der Waals surface area contributed by atoms with E-state index in [-0.39, 0.29) is 24.0 Å². The Morgan fingerprint density at radius 1 is 1.36 bits per heavy atom. The Bertz CT molecular complexity index is 619. The zero-order valence-electron chi connectivity index (χ0n) is 15.6. The summed E-state index contributed by atoms with van der Waals surface area (Å²) in [5.41, 5.74) is 1.12. The number of carbonyl (C=O) groups excluding carboxylic acids is 1. The molecule has 1 aromatic rings. The van der Waals surface area contributed by atoms with Gasteiger partial charge in [0.25, 0.3) is 0 Å². The lowest BCUT2D eigenvalue weighted by molar-refractivity contribution is -0.133. The molecule has 2 heterocycles. The number of likely N-dealkylation sites (tertiary alicyclic amines) is 2. The minimum absolute atomic E-state index is 0.0696. The van der Waals surface area contributed by atoms with Crippen LogP contribution in [-0.2, 0) is 11.3 Å². The summed E-state index contributed by atoms with van der Waals surface area (Å²) in [6, 6.07) is 8.20. The van der Waals surface area contributed by atoms with Gasteiger partial charge in [-0.05, 0) is 32.3 Å². The van der Waals surface area contributed by atoms with Gasteiger partial charge < -0.3 is 14.7 Å². The van der Waals surface area contributed by atoms with Gasteiger partial charge in [0.15, 0.2) is 0 Å². The molecule has 2 saturated heterocycles. The second kappa shape index (κ2) is 7.34. The number of para-hydroxylation sites is 1. The zero-order valence-corrected chi connectivity index (χ0v) is 15.6. The molecular formula is C20H30N2O3. The van der Waals surface area contributed by atoms with Crippen LogP contribution >= 0.6 is 0 Å². The van der Waals surface area contributed by atoms with Crippen molar-refractivity contribution in [3.63, 3.8) is 0 Å². The first kappa shape index (κ1) is 18.2. The molecular weight excluding hydrogens is 316 g/mol. The van der Waals surface area contributed by atoms with Crippen LogP contribution in [0.25, 0.3) is 0 Å². The average molecular weight is 346 g/mol. The van der Waals surface area contributed by atoms with Crippen LogP contribution in [0.1, 0.15) is 32.8 Å². The van der Waals surface area contributed by atoms with Gasteiger partial charge in [-0.3, -0.25) is 9.69 Å². The number of benzene rings is 1. The summed E-state index contributed by atoms with van der Waals surface area (Å²) in [5.74, 6) is 1.42. The molecule has 0 spiro atoms. The number of rotatable bonds is 5. The SMILES string of the molecule is CC(=O)N1CC[C@@]2(CO)CN(Cc3ccccc3OC(C)C)C[C@H]2C1. The molecule has 0 aliphatic carbocycles. The van der Waals surface area contributed by atoms with Crippen molar-refractivity contribution >= 4 is 5.91 Å². The minimum atomic E-state index is -0.0696. The fourth-order valence-electron chi connectivity index (χ4n) is 4.30. The molecule has 0 aromatic heterocycles. The fraction of sp³-hybridized carbons (Fsp3) is 0.650. The number of ether oxygens (including phenoxy) is 1. The summed E-state index contributed by atoms with van der Waals surface area (Å²) in [7, 11) is 0. The van der Waals surface area contributed by atoms with Gasteiger partial charge >= 0.3 is 0 Å². The summed E-state index contributed by atoms with van der Waals surface area (Å²) in [4.78, 5) is 16.1. The highest BCUT2D eigenvalue weighted by molar-refractivity contribution is 5.73. The lowest BCUT2D eigenvalue weighted by atomic mass is 9.73. The Hall–Kier alpha value is -1.59. The standard InChI is InChI=1S/C20H30N2O3/c1-15(2)25-19-7-5-4-6-17(19)10-21-11-18-12-22(16(3)24)9-8-20(18,13-21)14-23/h4-7,15,18,23H,8-14H2,1-3H3/t18-,20-/m0/s1. The zero-order chi connectivity index (χ0) is 18.0. The third-order valence-electron chi connectivity index (χ3n) is 5.69. The first-order valence-electron chi connectivity index (χ1n) is 9.27. The molecule has 2 aliphatic heterocycles. The van der Waals surface area contributed by atoms with E-state index in [1.807, 2.05) is 36.9 Å². The molecule has 1 aromatic carbocycles. The monoisotopic (exact) mass is 346 g/mol. The van der Waals surface area contributed by atoms with Crippen LogP contribution in [0.15, 0.2) is 24.3 Å². The topological polar surface area (TPSA) is 53.0 Å². The first-order valence-corrected chi connectivity index (χ1v) is 9.27. The van der Waals surface area contributed by atoms with Crippen molar-refractivity contribution in [1.29, 1.82) is 0 Å². The van der Waals surface area contributed by atoms with E-state index in [9.17, 15) is 9.90 Å². The van der Waals surface area contributed by atoms with Crippen molar-refractivity contribution in [2.24, 2.45) is 11.3 Å². The minimum Gasteiger partial charge on any atom is -0.491 e. The number of nitrogens with zero attached hydrogens (tertiary/aromatic N) is 2. The van der Waals surface area contributed by atoms with Gasteiger partial charge in [0.05, 0.1) is 12.7 Å². The maximum absolute atomic E-state index is 11.7. The number of fused-ring (bicyclic) bond motifs is 1. The van der Waals surface area contributed by atoms with E-state index in [0.29, 0.717) is 5.92 Å². The summed E-state index contributed by atoms with van der Waals surface area (Å²) in [5, 5.41) is 10.1. The second-order valence-electron chi connectivity index (χ2n) is 7.88. The highest BCUT2D eigenvalue weighted by Gasteiger charge is 2.49. The fourth-order valence-corrected chi connectivity index (χ4v) is 4.30. The predicted octanol–water partition coefficient (Wildman–Crippen LogP) is 2.14. The van der Waals surface area contributed by atoms with Crippen molar-refractivity contribution in [2.45, 2.75) is 39.8 Å². The number of hydrogen-bond donors (Lipinski definition) is 1. The Morgan fingerprint density at radius 2 is 2.12 bits per heavy atom. The van der Waals surface area contributed by atoms with Crippen LogP contribution < -0.4 is 4.74 Å². The number of aliphatic hydroxyl groups is 1. The molecule has 0 unspecified atom stereocenters. The summed E-state index contributed by atoms with van der Waals surface area (Å²) in [6.07, 6.45) is 1.03. The van der Waals surface area contributed by atoms with Gasteiger partial charge in [0, 0.05) is 50.6 Å². The van der Waals surface area contributed by atoms with Crippen molar-refractivity contribution in [1.82, 2.24) is 9.80 Å². The predicted molar refractivity (Wildman–Crippen MR) is 97.4 cm³/mol. The molecule has 0 radical (unpaired) electrons. The van der Waals surface area contributed by atoms with Crippen molar-refractivity contribution in [3.05, 3.63) is 29.8 Å². The Labute approximate surface area is 150 Å². The van der Waals surface area contributed by atoms with Crippen LogP contribution in [0, 0.1) is 11.3 Å². The van der Waals surface area contributed by atoms with Crippen molar-refractivity contribution in [2.75, 3.05) is 32.8 Å². The van der Waals surface area contributed by atoms with Crippen LogP contribution in [-0.4, -0.2) is 59.7 Å². The van der Waals surface area contributed by atoms with Crippen molar-refractivity contribution in [3.8, 4) is 5.75 Å². The van der Waals surface area contributed by atoms with E-state index in [4.69, 9.17) is 4.74 Å². The van der Waals surface area contributed by atoms with E-state index in [1.165, 1.54) is 5.56 Å². The highest BCUT2D eigenvalue weighted by atomic mass is 16.5. The largest absolute Gasteiger partial charge is 0.491 e. The third-order valence-corrected chi connectivity index (χ3v) is 5.69. The normalized spacial score (nSPS) is 26.8. The quantitative estimate of drug-likeness (QED) is 0.887. The van der Waals surface area contributed by atoms with Gasteiger partial charge in [-0.25, -0.2) is 0 Å². The molecule has 5 heteroatoms. The van der Waals surface area contributed by atoms with Crippen LogP contribution in [0.4, 0.5) is 0 Å². The highest BCUT2D eigenvalue weighted by Crippen LogP contribution is 2.43. The second-order valence-corrected chi connectivity index (χ2v) is 7.88. The van der Waals surface area contributed by atoms with E-state index < -0.39 is 0 Å². The van der Waals surface area contributed by atoms with Gasteiger partial charge in [-0.2, -0.15) is 0 Å². The molecule has 138 valence electrons. The number of hydrogen-bond acceptors (Lipinski definition) is 4. The van der Waals surface area contributed by atoms with E-state index in [1.54, 1.807) is 6.92 Å². The number of aliphatic hydroxyl groups excluding tert-OH is 1. The van der Waals surface area contributed by atoms with Gasteiger partial charge in [-0.1, -0.05) is 18.2 Å². The Morgan fingerprint density at radius 3 is 2.80 bits per heavy atom. The number of piperidine rings is 1. The lowest BCUT2D eigenvalue weighted by Crippen LogP contribution is -2.50. The van der Waals surface area contributed by atoms with Crippen molar-refractivity contribution < 1.29 is 14.6 Å². The molecule has 0 bridgehead atoms. The molecule has 2 fully saturated rings. The van der Waals surface area contributed by atoms with Crippen LogP contribution in [0.2, 0.25) is 0 Å². The third kappa shape index (κ3) is 3.82. The number of carbonyl (C=O) groups is 1. The average Bonchev–Trinajstić information content (AvgIpc) is 2.93. The first-order chi connectivity index (χ1) is 11.9. The van der Waals surface area contributed by atoms with Gasteiger partial charge in [-0.15, -0.1) is 0 Å². The Balaban J connectivity index is 1.73. The molecule has 2 atom stereocenters. The molecule has 5 nitrogen and oxygen atoms in total. The molecule has 1 N–H and O–H groups in total. The van der Waals surface area contributed by atoms with Crippen LogP contribution in [0.3, 0.4) is 0 Å². The summed E-state index contributed by atoms with van der Waals surface area (Å²) >= 11 is 0. The molecule has 25 heavy (non-hydrogen) atoms. The molecule has 0 saturated carbocycles. The number of amides is 1. The molecule has 1 amide bonds. The van der Waals surface area contributed by atoms with Gasteiger partial charge in [0.1, 0.15) is 5.75 Å². The van der Waals surface area contributed by atoms with E-state index in [2.05, 4.69) is 11.0 Å². The maximum Gasteiger partial charge on any atom is 0.219 e.